The summed E-state index contributed by atoms with van der Waals surface area (Å²) in [6.45, 7) is 0. The fraction of sp³-hybridized carbons (Fsp3) is 0.500. The van der Waals surface area contributed by atoms with Gasteiger partial charge in [-0.1, -0.05) is 0 Å². The molecule has 0 spiro atoms. The first kappa shape index (κ1) is 5.17. The van der Waals surface area contributed by atoms with Crippen LogP contribution < -0.4 is 0 Å². The van der Waals surface area contributed by atoms with Gasteiger partial charge in [0.2, 0.25) is 0 Å². The molecule has 0 saturated carbocycles. The summed E-state index contributed by atoms with van der Waals surface area (Å²) >= 11 is 0. The van der Waals surface area contributed by atoms with Crippen molar-refractivity contribution in [3.8, 4) is 6.07 Å². The molecule has 2 heteroatoms. The van der Waals surface area contributed by atoms with Crippen LogP contribution in [0, 0.1) is 11.3 Å². The molecule has 0 aromatic carbocycles. The van der Waals surface area contributed by atoms with Gasteiger partial charge in [0.05, 0.1) is 18.8 Å². The quantitative estimate of drug-likeness (QED) is 0.507. The third kappa shape index (κ3) is 0.564. The number of methoxy groups -OCH3 is 1. The highest BCUT2D eigenvalue weighted by Crippen LogP contribution is 2.26. The Hall–Kier alpha value is -0.970. The van der Waals surface area contributed by atoms with E-state index in [9.17, 15) is 0 Å². The summed E-state index contributed by atoms with van der Waals surface area (Å²) in [5.41, 5.74) is 0.813. The van der Waals surface area contributed by atoms with E-state index in [1.807, 2.05) is 0 Å². The second-order valence-corrected chi connectivity index (χ2v) is 1.72. The Bertz CT molecular complexity index is 164. The molecule has 0 fully saturated rings. The van der Waals surface area contributed by atoms with Crippen molar-refractivity contribution in [2.24, 2.45) is 0 Å². The van der Waals surface area contributed by atoms with Gasteiger partial charge < -0.3 is 4.74 Å². The maximum Gasteiger partial charge on any atom is 0.109 e. The molecule has 0 aromatic rings. The summed E-state index contributed by atoms with van der Waals surface area (Å²) in [5.74, 6) is 0.868. The van der Waals surface area contributed by atoms with Gasteiger partial charge in [-0.05, 0) is 6.42 Å². The van der Waals surface area contributed by atoms with E-state index in [4.69, 9.17) is 10.00 Å². The van der Waals surface area contributed by atoms with Crippen LogP contribution in [0.5, 0.6) is 0 Å². The molecule has 0 N–H and O–H groups in total. The van der Waals surface area contributed by atoms with Gasteiger partial charge in [0, 0.05) is 6.42 Å². The van der Waals surface area contributed by atoms with Gasteiger partial charge in [-0.2, -0.15) is 5.26 Å². The van der Waals surface area contributed by atoms with E-state index in [-0.39, 0.29) is 0 Å². The highest BCUT2D eigenvalue weighted by atomic mass is 16.5. The van der Waals surface area contributed by atoms with Crippen LogP contribution in [0.25, 0.3) is 0 Å². The molecule has 0 atom stereocenters. The van der Waals surface area contributed by atoms with E-state index >= 15 is 0 Å². The lowest BCUT2D eigenvalue weighted by Gasteiger charge is -2.15. The van der Waals surface area contributed by atoms with Crippen LogP contribution in [0.1, 0.15) is 12.8 Å². The van der Waals surface area contributed by atoms with Crippen molar-refractivity contribution in [1.82, 2.24) is 0 Å². The molecule has 0 amide bonds. The zero-order valence-corrected chi connectivity index (χ0v) is 4.77. The van der Waals surface area contributed by atoms with Crippen LogP contribution in [0.3, 0.4) is 0 Å². The van der Waals surface area contributed by atoms with Crippen molar-refractivity contribution in [2.45, 2.75) is 12.8 Å². The summed E-state index contributed by atoms with van der Waals surface area (Å²) < 4.78 is 4.85. The van der Waals surface area contributed by atoms with Crippen LogP contribution in [0.15, 0.2) is 11.3 Å². The number of nitriles is 1. The minimum absolute atomic E-state index is 0.813. The lowest BCUT2D eigenvalue weighted by atomic mass is 9.98. The Morgan fingerprint density at radius 3 is 2.50 bits per heavy atom. The van der Waals surface area contributed by atoms with Gasteiger partial charge in [0.15, 0.2) is 0 Å². The lowest BCUT2D eigenvalue weighted by molar-refractivity contribution is 0.255. The second kappa shape index (κ2) is 1.87. The molecule has 42 valence electrons. The second-order valence-electron chi connectivity index (χ2n) is 1.72. The van der Waals surface area contributed by atoms with Gasteiger partial charge >= 0.3 is 0 Å². The van der Waals surface area contributed by atoms with Crippen molar-refractivity contribution in [1.29, 1.82) is 5.26 Å². The first-order chi connectivity index (χ1) is 3.88. The van der Waals surface area contributed by atoms with E-state index in [0.717, 1.165) is 24.2 Å². The smallest absolute Gasteiger partial charge is 0.109 e. The Balaban J connectivity index is 2.67. The van der Waals surface area contributed by atoms with Crippen molar-refractivity contribution in [2.75, 3.05) is 7.11 Å². The maximum absolute atomic E-state index is 8.30. The zero-order chi connectivity index (χ0) is 5.98. The summed E-state index contributed by atoms with van der Waals surface area (Å²) in [6, 6.07) is 2.06. The zero-order valence-electron chi connectivity index (χ0n) is 4.77. The third-order valence-corrected chi connectivity index (χ3v) is 1.32. The predicted octanol–water partition coefficient (Wildman–Crippen LogP) is 1.20. The van der Waals surface area contributed by atoms with Crippen molar-refractivity contribution >= 4 is 0 Å². The molecule has 0 aliphatic heterocycles. The summed E-state index contributed by atoms with van der Waals surface area (Å²) in [4.78, 5) is 0. The maximum atomic E-state index is 8.30. The van der Waals surface area contributed by atoms with Crippen molar-refractivity contribution in [3.63, 3.8) is 0 Å². The van der Waals surface area contributed by atoms with Crippen LogP contribution in [-0.4, -0.2) is 7.11 Å². The van der Waals surface area contributed by atoms with Gasteiger partial charge in [0.25, 0.3) is 0 Å². The fourth-order valence-electron chi connectivity index (χ4n) is 0.696. The summed E-state index contributed by atoms with van der Waals surface area (Å²) in [7, 11) is 1.60. The molecular formula is C6H7NO. The average molecular weight is 109 g/mol. The molecule has 1 aliphatic carbocycles. The number of allylic oxidation sites excluding steroid dienone is 2. The standard InChI is InChI=1S/C6H7NO/c1-8-6-3-2-5(6)4-7/h2-3H2,1H3. The molecular weight excluding hydrogens is 102 g/mol. The van der Waals surface area contributed by atoms with Gasteiger partial charge in [-0.15, -0.1) is 0 Å². The highest BCUT2D eigenvalue weighted by molar-refractivity contribution is 5.32. The Morgan fingerprint density at radius 1 is 1.62 bits per heavy atom. The van der Waals surface area contributed by atoms with Crippen molar-refractivity contribution < 1.29 is 4.74 Å². The molecule has 0 saturated heterocycles. The Labute approximate surface area is 48.4 Å². The van der Waals surface area contributed by atoms with Crippen LogP contribution >= 0.6 is 0 Å². The summed E-state index contributed by atoms with van der Waals surface area (Å²) in [5, 5.41) is 8.30. The van der Waals surface area contributed by atoms with Gasteiger partial charge in [-0.25, -0.2) is 0 Å². The van der Waals surface area contributed by atoms with Crippen LogP contribution in [-0.2, 0) is 4.74 Å². The SMILES string of the molecule is COC1=C(C#N)CC1. The van der Waals surface area contributed by atoms with E-state index in [0.29, 0.717) is 0 Å². The molecule has 0 radical (unpaired) electrons. The topological polar surface area (TPSA) is 33.0 Å². The minimum atomic E-state index is 0.813. The van der Waals surface area contributed by atoms with E-state index in [1.165, 1.54) is 0 Å². The Kier molecular flexibility index (Phi) is 1.21. The normalized spacial score (nSPS) is 17.0. The molecule has 1 aliphatic rings. The molecule has 0 bridgehead atoms. The number of hydrogen-bond donors (Lipinski definition) is 0. The highest BCUT2D eigenvalue weighted by Gasteiger charge is 2.16. The van der Waals surface area contributed by atoms with Crippen molar-refractivity contribution in [3.05, 3.63) is 11.3 Å². The third-order valence-electron chi connectivity index (χ3n) is 1.32. The lowest BCUT2D eigenvalue weighted by Crippen LogP contribution is -2.03. The fourth-order valence-corrected chi connectivity index (χ4v) is 0.696. The molecule has 1 rings (SSSR count). The monoisotopic (exact) mass is 109 g/mol. The van der Waals surface area contributed by atoms with E-state index in [1.54, 1.807) is 7.11 Å². The first-order valence-electron chi connectivity index (χ1n) is 2.54. The number of nitrogens with zero attached hydrogens (tertiary/aromatic N) is 1. The van der Waals surface area contributed by atoms with E-state index in [2.05, 4.69) is 6.07 Å². The van der Waals surface area contributed by atoms with Crippen LogP contribution in [0.2, 0.25) is 0 Å². The molecule has 2 nitrogen and oxygen atoms in total. The number of hydrogen-bond acceptors (Lipinski definition) is 2. The minimum Gasteiger partial charge on any atom is -0.500 e. The molecule has 0 aromatic heterocycles. The molecule has 0 heterocycles. The Morgan fingerprint density at radius 2 is 2.38 bits per heavy atom. The van der Waals surface area contributed by atoms with Gasteiger partial charge in [0.1, 0.15) is 5.76 Å². The predicted molar refractivity (Wildman–Crippen MR) is 28.9 cm³/mol. The van der Waals surface area contributed by atoms with E-state index < -0.39 is 0 Å². The number of ether oxygens (including phenoxy) is 1. The largest absolute Gasteiger partial charge is 0.500 e. The average Bonchev–Trinajstić information content (AvgIpc) is 1.66. The van der Waals surface area contributed by atoms with Crippen LogP contribution in [0.4, 0.5) is 0 Å². The molecule has 0 unspecified atom stereocenters. The summed E-state index contributed by atoms with van der Waals surface area (Å²) in [6.07, 6.45) is 1.85. The van der Waals surface area contributed by atoms with Gasteiger partial charge in [-0.3, -0.25) is 0 Å². The first-order valence-corrected chi connectivity index (χ1v) is 2.54. The molecule has 8 heavy (non-hydrogen) atoms. The number of rotatable bonds is 1.